The summed E-state index contributed by atoms with van der Waals surface area (Å²) in [4.78, 5) is 35.7. The number of pyridine rings is 1. The number of nitrogens with one attached hydrogen (secondary N) is 1. The fourth-order valence-electron chi connectivity index (χ4n) is 6.01. The Bertz CT molecular complexity index is 1010. The standard InChI is InChI=1S/C27H33ClN4O2/c28-21-8-5-7-20(16-21)27(34)32-24-10-2-1-6-19(24)17-25(32)26(33)30-22-11-14-31(15-12-22)18-23-9-3-4-13-29-23/h3-5,7-9,13,16,19,22,24-25H,1-2,6,10-12,14-15,17-18H2,(H,30,33). The van der Waals surface area contributed by atoms with E-state index in [1.807, 2.05) is 23.2 Å². The molecular weight excluding hydrogens is 448 g/mol. The summed E-state index contributed by atoms with van der Waals surface area (Å²) < 4.78 is 0. The number of likely N-dealkylation sites (tertiary alicyclic amines) is 2. The van der Waals surface area contributed by atoms with Crippen LogP contribution in [0.25, 0.3) is 0 Å². The van der Waals surface area contributed by atoms with Crippen molar-refractivity contribution in [3.8, 4) is 0 Å². The van der Waals surface area contributed by atoms with Crippen LogP contribution in [0.5, 0.6) is 0 Å². The number of fused-ring (bicyclic) bond motifs is 1. The largest absolute Gasteiger partial charge is 0.351 e. The zero-order valence-electron chi connectivity index (χ0n) is 19.5. The molecule has 2 aromatic rings. The van der Waals surface area contributed by atoms with Crippen molar-refractivity contribution in [2.45, 2.75) is 69.6 Å². The summed E-state index contributed by atoms with van der Waals surface area (Å²) >= 11 is 6.17. The van der Waals surface area contributed by atoms with Gasteiger partial charge in [-0.15, -0.1) is 0 Å². The molecule has 7 heteroatoms. The van der Waals surface area contributed by atoms with Crippen LogP contribution in [0.3, 0.4) is 0 Å². The third kappa shape index (κ3) is 5.13. The van der Waals surface area contributed by atoms with Crippen molar-refractivity contribution in [1.29, 1.82) is 0 Å². The number of hydrogen-bond acceptors (Lipinski definition) is 4. The number of piperidine rings is 1. The van der Waals surface area contributed by atoms with Crippen LogP contribution in [0.15, 0.2) is 48.7 Å². The van der Waals surface area contributed by atoms with Gasteiger partial charge in [0.2, 0.25) is 5.91 Å². The molecular formula is C27H33ClN4O2. The summed E-state index contributed by atoms with van der Waals surface area (Å²) in [7, 11) is 0. The predicted molar refractivity (Wildman–Crippen MR) is 132 cm³/mol. The van der Waals surface area contributed by atoms with E-state index in [-0.39, 0.29) is 23.9 Å². The third-order valence-electron chi connectivity index (χ3n) is 7.74. The summed E-state index contributed by atoms with van der Waals surface area (Å²) in [5.74, 6) is 0.350. The first kappa shape index (κ1) is 23.3. The van der Waals surface area contributed by atoms with Crippen molar-refractivity contribution < 1.29 is 9.59 Å². The van der Waals surface area contributed by atoms with Crippen molar-refractivity contribution in [3.05, 3.63) is 64.9 Å². The Hall–Kier alpha value is -2.44. The van der Waals surface area contributed by atoms with Crippen LogP contribution in [-0.4, -0.2) is 57.8 Å². The first-order chi connectivity index (χ1) is 16.6. The Morgan fingerprint density at radius 3 is 2.62 bits per heavy atom. The number of hydrogen-bond donors (Lipinski definition) is 1. The molecule has 2 amide bonds. The van der Waals surface area contributed by atoms with Gasteiger partial charge in [0.25, 0.3) is 5.91 Å². The highest BCUT2D eigenvalue weighted by Gasteiger charge is 2.47. The normalized spacial score (nSPS) is 25.7. The maximum atomic E-state index is 13.6. The van der Waals surface area contributed by atoms with E-state index in [2.05, 4.69) is 21.3 Å². The van der Waals surface area contributed by atoms with Gasteiger partial charge < -0.3 is 10.2 Å². The van der Waals surface area contributed by atoms with Gasteiger partial charge in [-0.05, 0) is 68.4 Å². The van der Waals surface area contributed by atoms with Crippen molar-refractivity contribution >= 4 is 23.4 Å². The molecule has 1 aromatic carbocycles. The number of aromatic nitrogens is 1. The van der Waals surface area contributed by atoms with Crippen LogP contribution in [0, 0.1) is 5.92 Å². The average molecular weight is 481 g/mol. The van der Waals surface area contributed by atoms with Gasteiger partial charge in [-0.3, -0.25) is 19.5 Å². The van der Waals surface area contributed by atoms with Gasteiger partial charge in [0.15, 0.2) is 0 Å². The third-order valence-corrected chi connectivity index (χ3v) is 7.98. The highest BCUT2D eigenvalue weighted by Crippen LogP contribution is 2.40. The molecule has 34 heavy (non-hydrogen) atoms. The van der Waals surface area contributed by atoms with Crippen LogP contribution in [0.1, 0.15) is 61.0 Å². The van der Waals surface area contributed by atoms with E-state index >= 15 is 0 Å². The second-order valence-electron chi connectivity index (χ2n) is 9.97. The average Bonchev–Trinajstić information content (AvgIpc) is 3.25. The van der Waals surface area contributed by atoms with Gasteiger partial charge in [0, 0.05) is 48.5 Å². The fourth-order valence-corrected chi connectivity index (χ4v) is 6.20. The summed E-state index contributed by atoms with van der Waals surface area (Å²) in [6.07, 6.45) is 8.80. The first-order valence-electron chi connectivity index (χ1n) is 12.6. The van der Waals surface area contributed by atoms with Gasteiger partial charge >= 0.3 is 0 Å². The number of nitrogens with zero attached hydrogens (tertiary/aromatic N) is 3. The van der Waals surface area contributed by atoms with Crippen molar-refractivity contribution in [2.75, 3.05) is 13.1 Å². The SMILES string of the molecule is O=C(NC1CCN(Cc2ccccn2)CC1)C1CC2CCCCC2N1C(=O)c1cccc(Cl)c1. The highest BCUT2D eigenvalue weighted by molar-refractivity contribution is 6.31. The minimum absolute atomic E-state index is 0.00736. The zero-order chi connectivity index (χ0) is 23.5. The second kappa shape index (κ2) is 10.4. The van der Waals surface area contributed by atoms with Crippen molar-refractivity contribution in [1.82, 2.24) is 20.1 Å². The lowest BCUT2D eigenvalue weighted by Gasteiger charge is -2.35. The lowest BCUT2D eigenvalue weighted by molar-refractivity contribution is -0.126. The smallest absolute Gasteiger partial charge is 0.254 e. The topological polar surface area (TPSA) is 65.5 Å². The quantitative estimate of drug-likeness (QED) is 0.693. The number of benzene rings is 1. The minimum Gasteiger partial charge on any atom is -0.351 e. The maximum Gasteiger partial charge on any atom is 0.254 e. The Labute approximate surface area is 206 Å². The molecule has 1 aliphatic carbocycles. The van der Waals surface area contributed by atoms with Crippen LogP contribution in [0.4, 0.5) is 0 Å². The van der Waals surface area contributed by atoms with E-state index in [1.165, 1.54) is 6.42 Å². The Morgan fingerprint density at radius 1 is 1.03 bits per heavy atom. The van der Waals surface area contributed by atoms with Gasteiger partial charge in [-0.1, -0.05) is 36.6 Å². The van der Waals surface area contributed by atoms with Crippen LogP contribution < -0.4 is 5.32 Å². The lowest BCUT2D eigenvalue weighted by Crippen LogP contribution is -2.53. The van der Waals surface area contributed by atoms with E-state index < -0.39 is 6.04 Å². The zero-order valence-corrected chi connectivity index (χ0v) is 20.3. The summed E-state index contributed by atoms with van der Waals surface area (Å²) in [6.45, 7) is 2.71. The molecule has 6 nitrogen and oxygen atoms in total. The number of amides is 2. The Morgan fingerprint density at radius 2 is 1.85 bits per heavy atom. The number of halogens is 1. The summed E-state index contributed by atoms with van der Waals surface area (Å²) in [5, 5.41) is 3.85. The number of carbonyl (C=O) groups excluding carboxylic acids is 2. The number of carbonyl (C=O) groups is 2. The van der Waals surface area contributed by atoms with Crippen LogP contribution in [-0.2, 0) is 11.3 Å². The van der Waals surface area contributed by atoms with Crippen molar-refractivity contribution in [2.24, 2.45) is 5.92 Å². The molecule has 5 rings (SSSR count). The molecule has 3 unspecified atom stereocenters. The molecule has 0 bridgehead atoms. The summed E-state index contributed by atoms with van der Waals surface area (Å²) in [6, 6.07) is 13.0. The molecule has 3 aliphatic rings. The second-order valence-corrected chi connectivity index (χ2v) is 10.4. The lowest BCUT2D eigenvalue weighted by atomic mass is 9.84. The molecule has 3 fully saturated rings. The van der Waals surface area contributed by atoms with Crippen LogP contribution in [0.2, 0.25) is 5.02 Å². The first-order valence-corrected chi connectivity index (χ1v) is 13.0. The maximum absolute atomic E-state index is 13.6. The predicted octanol–water partition coefficient (Wildman–Crippen LogP) is 4.29. The Balaban J connectivity index is 1.23. The van der Waals surface area contributed by atoms with Crippen LogP contribution >= 0.6 is 11.6 Å². The van der Waals surface area contributed by atoms with Gasteiger partial charge in [0.1, 0.15) is 6.04 Å². The highest BCUT2D eigenvalue weighted by atomic mass is 35.5. The molecule has 2 saturated heterocycles. The number of rotatable bonds is 5. The van der Waals surface area contributed by atoms with E-state index in [4.69, 9.17) is 11.6 Å². The van der Waals surface area contributed by atoms with Gasteiger partial charge in [-0.25, -0.2) is 0 Å². The molecule has 2 aliphatic heterocycles. The van der Waals surface area contributed by atoms with Gasteiger partial charge in [0.05, 0.1) is 5.69 Å². The Kier molecular flexibility index (Phi) is 7.16. The molecule has 0 spiro atoms. The molecule has 180 valence electrons. The molecule has 1 N–H and O–H groups in total. The van der Waals surface area contributed by atoms with E-state index in [1.54, 1.807) is 24.3 Å². The van der Waals surface area contributed by atoms with E-state index in [9.17, 15) is 9.59 Å². The van der Waals surface area contributed by atoms with E-state index in [0.29, 0.717) is 16.5 Å². The monoisotopic (exact) mass is 480 g/mol. The summed E-state index contributed by atoms with van der Waals surface area (Å²) in [5.41, 5.74) is 1.65. The van der Waals surface area contributed by atoms with Crippen molar-refractivity contribution in [3.63, 3.8) is 0 Å². The van der Waals surface area contributed by atoms with E-state index in [0.717, 1.165) is 63.9 Å². The van der Waals surface area contributed by atoms with Gasteiger partial charge in [-0.2, -0.15) is 0 Å². The molecule has 3 heterocycles. The molecule has 1 aromatic heterocycles. The molecule has 3 atom stereocenters. The molecule has 1 saturated carbocycles. The fraction of sp³-hybridized carbons (Fsp3) is 0.519. The minimum atomic E-state index is -0.397. The molecule has 0 radical (unpaired) electrons.